The van der Waals surface area contributed by atoms with Crippen molar-refractivity contribution in [2.45, 2.75) is 63.5 Å². The lowest BCUT2D eigenvalue weighted by Crippen LogP contribution is -2.60. The molecule has 2 fully saturated rings. The summed E-state index contributed by atoms with van der Waals surface area (Å²) in [6.07, 6.45) is -8.16. The number of benzene rings is 2. The Labute approximate surface area is 240 Å². The molecule has 5 rings (SSSR count). The summed E-state index contributed by atoms with van der Waals surface area (Å²) in [5.41, 5.74) is -3.37. The minimum atomic E-state index is -4.97. The van der Waals surface area contributed by atoms with Gasteiger partial charge in [-0.15, -0.1) is 5.10 Å². The first-order chi connectivity index (χ1) is 19.9. The molecule has 0 N–H and O–H groups in total. The van der Waals surface area contributed by atoms with E-state index in [4.69, 9.17) is 14.6 Å². The Bertz CT molecular complexity index is 1310. The van der Waals surface area contributed by atoms with Crippen molar-refractivity contribution in [3.63, 3.8) is 0 Å². The highest BCUT2D eigenvalue weighted by Crippen LogP contribution is 2.42. The van der Waals surface area contributed by atoms with Crippen LogP contribution in [0.2, 0.25) is 0 Å². The number of anilines is 1. The minimum Gasteiger partial charge on any atom is -0.348 e. The van der Waals surface area contributed by atoms with E-state index in [9.17, 15) is 26.3 Å². The molecule has 13 heteroatoms. The van der Waals surface area contributed by atoms with E-state index in [0.29, 0.717) is 31.2 Å². The van der Waals surface area contributed by atoms with Gasteiger partial charge >= 0.3 is 12.4 Å². The van der Waals surface area contributed by atoms with E-state index >= 15 is 0 Å². The SMILES string of the molecule is C[C@@H](O[C@H]1OCCN(c2ncn(CCN3CCCC3)n2)[C@@]1(C)c1ccccc1)c1cc(C(F)(F)F)cc(C(F)(F)F)c1. The van der Waals surface area contributed by atoms with E-state index in [2.05, 4.69) is 9.88 Å². The molecule has 0 radical (unpaired) electrons. The molecule has 3 heterocycles. The number of morpholine rings is 1. The molecule has 2 aromatic carbocycles. The first-order valence-electron chi connectivity index (χ1n) is 13.9. The van der Waals surface area contributed by atoms with Gasteiger partial charge in [-0.05, 0) is 69.1 Å². The molecule has 2 saturated heterocycles. The van der Waals surface area contributed by atoms with Crippen LogP contribution in [-0.4, -0.2) is 58.7 Å². The van der Waals surface area contributed by atoms with Crippen molar-refractivity contribution >= 4 is 5.95 Å². The monoisotopic (exact) mass is 597 g/mol. The van der Waals surface area contributed by atoms with Crippen molar-refractivity contribution in [2.24, 2.45) is 0 Å². The molecule has 2 aliphatic rings. The van der Waals surface area contributed by atoms with Crippen LogP contribution in [0, 0.1) is 0 Å². The second-order valence-corrected chi connectivity index (χ2v) is 10.8. The Morgan fingerprint density at radius 3 is 2.21 bits per heavy atom. The summed E-state index contributed by atoms with van der Waals surface area (Å²) < 4.78 is 95.2. The summed E-state index contributed by atoms with van der Waals surface area (Å²) in [7, 11) is 0. The van der Waals surface area contributed by atoms with Gasteiger partial charge in [-0.2, -0.15) is 26.3 Å². The number of likely N-dealkylation sites (tertiary alicyclic amines) is 1. The zero-order chi connectivity index (χ0) is 30.1. The maximum Gasteiger partial charge on any atom is 0.416 e. The molecule has 7 nitrogen and oxygen atoms in total. The number of hydrogen-bond acceptors (Lipinski definition) is 6. The molecule has 0 bridgehead atoms. The maximum atomic E-state index is 13.5. The first-order valence-corrected chi connectivity index (χ1v) is 13.9. The second-order valence-electron chi connectivity index (χ2n) is 10.8. The van der Waals surface area contributed by atoms with Gasteiger partial charge in [0.2, 0.25) is 5.95 Å². The van der Waals surface area contributed by atoms with Gasteiger partial charge in [-0.3, -0.25) is 0 Å². The van der Waals surface area contributed by atoms with E-state index in [-0.39, 0.29) is 18.2 Å². The van der Waals surface area contributed by atoms with Crippen molar-refractivity contribution in [2.75, 3.05) is 37.7 Å². The Balaban J connectivity index is 1.45. The van der Waals surface area contributed by atoms with Crippen LogP contribution in [0.5, 0.6) is 0 Å². The van der Waals surface area contributed by atoms with Crippen LogP contribution in [0.3, 0.4) is 0 Å². The second kappa shape index (κ2) is 11.8. The van der Waals surface area contributed by atoms with Gasteiger partial charge in [-0.25, -0.2) is 9.67 Å². The summed E-state index contributed by atoms with van der Waals surface area (Å²) in [5, 5.41) is 4.71. The van der Waals surface area contributed by atoms with Gasteiger partial charge in [0, 0.05) is 13.1 Å². The molecule has 0 unspecified atom stereocenters. The third-order valence-corrected chi connectivity index (χ3v) is 7.98. The summed E-state index contributed by atoms with van der Waals surface area (Å²) in [5.74, 6) is 0.422. The van der Waals surface area contributed by atoms with Gasteiger partial charge in [0.05, 0.1) is 30.4 Å². The molecule has 42 heavy (non-hydrogen) atoms. The Morgan fingerprint density at radius 1 is 0.952 bits per heavy atom. The smallest absolute Gasteiger partial charge is 0.348 e. The fraction of sp³-hybridized carbons (Fsp3) is 0.517. The lowest BCUT2D eigenvalue weighted by Gasteiger charge is -2.49. The number of nitrogens with zero attached hydrogens (tertiary/aromatic N) is 5. The lowest BCUT2D eigenvalue weighted by atomic mass is 9.88. The number of rotatable bonds is 8. The fourth-order valence-corrected chi connectivity index (χ4v) is 5.56. The van der Waals surface area contributed by atoms with Crippen molar-refractivity contribution < 1.29 is 35.8 Å². The predicted octanol–water partition coefficient (Wildman–Crippen LogP) is 6.27. The van der Waals surface area contributed by atoms with Crippen LogP contribution in [0.1, 0.15) is 55.0 Å². The average Bonchev–Trinajstić information content (AvgIpc) is 3.65. The molecular formula is C29H33F6N5O2. The van der Waals surface area contributed by atoms with Gasteiger partial charge in [0.1, 0.15) is 11.9 Å². The van der Waals surface area contributed by atoms with Crippen LogP contribution >= 0.6 is 0 Å². The summed E-state index contributed by atoms with van der Waals surface area (Å²) >= 11 is 0. The topological polar surface area (TPSA) is 55.7 Å². The van der Waals surface area contributed by atoms with Crippen molar-refractivity contribution in [3.05, 3.63) is 77.1 Å². The van der Waals surface area contributed by atoms with Gasteiger partial charge in [0.25, 0.3) is 0 Å². The molecule has 0 spiro atoms. The van der Waals surface area contributed by atoms with Gasteiger partial charge in [0.15, 0.2) is 6.29 Å². The average molecular weight is 598 g/mol. The highest BCUT2D eigenvalue weighted by atomic mass is 19.4. The normalized spacial score (nSPS) is 23.0. The van der Waals surface area contributed by atoms with Crippen molar-refractivity contribution in [3.8, 4) is 0 Å². The quantitative estimate of drug-likeness (QED) is 0.286. The van der Waals surface area contributed by atoms with E-state index < -0.39 is 41.4 Å². The van der Waals surface area contributed by atoms with E-state index in [1.807, 2.05) is 42.2 Å². The number of halogens is 6. The van der Waals surface area contributed by atoms with Crippen LogP contribution < -0.4 is 4.90 Å². The van der Waals surface area contributed by atoms with Crippen molar-refractivity contribution in [1.82, 2.24) is 19.7 Å². The molecule has 3 atom stereocenters. The fourth-order valence-electron chi connectivity index (χ4n) is 5.56. The molecule has 2 aliphatic heterocycles. The zero-order valence-corrected chi connectivity index (χ0v) is 23.3. The van der Waals surface area contributed by atoms with Crippen LogP contribution in [0.4, 0.5) is 32.3 Å². The zero-order valence-electron chi connectivity index (χ0n) is 23.3. The number of hydrogen-bond donors (Lipinski definition) is 0. The lowest BCUT2D eigenvalue weighted by molar-refractivity contribution is -0.217. The highest BCUT2D eigenvalue weighted by Gasteiger charge is 2.48. The Hall–Kier alpha value is -3.16. The summed E-state index contributed by atoms with van der Waals surface area (Å²) in [6, 6.07) is 10.7. The largest absolute Gasteiger partial charge is 0.416 e. The first kappa shape index (κ1) is 30.3. The van der Waals surface area contributed by atoms with Crippen molar-refractivity contribution in [1.29, 1.82) is 0 Å². The third kappa shape index (κ3) is 6.42. The molecule has 3 aromatic rings. The highest BCUT2D eigenvalue weighted by molar-refractivity contribution is 5.42. The molecule has 1 aromatic heterocycles. The minimum absolute atomic E-state index is 0.106. The molecule has 0 aliphatic carbocycles. The van der Waals surface area contributed by atoms with Crippen LogP contribution in [-0.2, 0) is 33.9 Å². The van der Waals surface area contributed by atoms with Gasteiger partial charge < -0.3 is 19.3 Å². The number of aromatic nitrogens is 3. The third-order valence-electron chi connectivity index (χ3n) is 7.98. The molecule has 0 saturated carbocycles. The predicted molar refractivity (Wildman–Crippen MR) is 143 cm³/mol. The maximum absolute atomic E-state index is 13.5. The van der Waals surface area contributed by atoms with E-state index in [1.54, 1.807) is 11.0 Å². The Morgan fingerprint density at radius 2 is 1.60 bits per heavy atom. The molecule has 228 valence electrons. The van der Waals surface area contributed by atoms with Gasteiger partial charge in [-0.1, -0.05) is 30.3 Å². The Kier molecular flexibility index (Phi) is 8.55. The van der Waals surface area contributed by atoms with E-state index in [0.717, 1.165) is 25.2 Å². The van der Waals surface area contributed by atoms with E-state index in [1.165, 1.54) is 19.8 Å². The number of alkyl halides is 6. The molecular weight excluding hydrogens is 564 g/mol. The summed E-state index contributed by atoms with van der Waals surface area (Å²) in [6.45, 7) is 7.45. The summed E-state index contributed by atoms with van der Waals surface area (Å²) in [4.78, 5) is 8.84. The van der Waals surface area contributed by atoms with Crippen LogP contribution in [0.25, 0.3) is 0 Å². The molecule has 0 amide bonds. The standard InChI is InChI=1S/C29H33F6N5O2/c1-20(21-16-23(28(30,31)32)18-24(17-21)29(33,34)35)42-25-27(2,22-8-4-3-5-9-22)40(14-15-41-25)26-36-19-39(37-26)13-12-38-10-6-7-11-38/h3-5,8-9,16-20,25H,6-7,10-15H2,1-2H3/t20-,25-,27+/m1/s1. The van der Waals surface area contributed by atoms with Crippen LogP contribution in [0.15, 0.2) is 54.9 Å². The number of ether oxygens (including phenoxy) is 2.